The van der Waals surface area contributed by atoms with Gasteiger partial charge in [-0.25, -0.2) is 0 Å². The van der Waals surface area contributed by atoms with Gasteiger partial charge in [0.15, 0.2) is 5.57 Å². The van der Waals surface area contributed by atoms with Crippen molar-refractivity contribution in [1.29, 1.82) is 5.26 Å². The van der Waals surface area contributed by atoms with E-state index in [9.17, 15) is 9.90 Å². The van der Waals surface area contributed by atoms with Gasteiger partial charge in [-0.05, 0) is 6.42 Å². The van der Waals surface area contributed by atoms with E-state index in [1.54, 1.807) is 36.4 Å². The molecule has 0 saturated carbocycles. The van der Waals surface area contributed by atoms with Gasteiger partial charge in [0, 0.05) is 12.1 Å². The Morgan fingerprint density at radius 2 is 2.06 bits per heavy atom. The van der Waals surface area contributed by atoms with Crippen molar-refractivity contribution in [3.8, 4) is 6.07 Å². The Kier molecular flexibility index (Phi) is 5.46. The fraction of sp³-hybridized carbons (Fsp3) is 0.286. The first-order valence-electron chi connectivity index (χ1n) is 5.87. The Labute approximate surface area is 107 Å². The second kappa shape index (κ2) is 7.13. The summed E-state index contributed by atoms with van der Waals surface area (Å²) < 4.78 is 0. The number of unbranched alkanes of at least 4 members (excludes halogenated alkanes) is 1. The lowest BCUT2D eigenvalue weighted by atomic mass is 10.1. The molecule has 0 aliphatic carbocycles. The lowest BCUT2D eigenvalue weighted by molar-refractivity contribution is -0.117. The Balaban J connectivity index is 2.88. The zero-order valence-electron chi connectivity index (χ0n) is 10.3. The van der Waals surface area contributed by atoms with Gasteiger partial charge in [-0.1, -0.05) is 43.7 Å². The molecule has 2 N–H and O–H groups in total. The number of hydrogen-bond acceptors (Lipinski definition) is 3. The molecule has 94 valence electrons. The van der Waals surface area contributed by atoms with Crippen LogP contribution in [0.1, 0.15) is 25.3 Å². The third-order valence-corrected chi connectivity index (χ3v) is 2.44. The topological polar surface area (TPSA) is 73.1 Å². The summed E-state index contributed by atoms with van der Waals surface area (Å²) in [6, 6.07) is 10.3. The highest BCUT2D eigenvalue weighted by Gasteiger charge is 2.15. The quantitative estimate of drug-likeness (QED) is 0.361. The van der Waals surface area contributed by atoms with E-state index in [1.807, 2.05) is 6.92 Å². The van der Waals surface area contributed by atoms with Gasteiger partial charge in [0.2, 0.25) is 0 Å². The van der Waals surface area contributed by atoms with Gasteiger partial charge in [-0.2, -0.15) is 5.26 Å². The van der Waals surface area contributed by atoms with Gasteiger partial charge in [0.25, 0.3) is 5.91 Å². The van der Waals surface area contributed by atoms with Crippen LogP contribution in [0, 0.1) is 11.3 Å². The molecule has 0 heterocycles. The summed E-state index contributed by atoms with van der Waals surface area (Å²) in [6.07, 6.45) is 1.80. The minimum Gasteiger partial charge on any atom is -0.506 e. The maximum absolute atomic E-state index is 11.7. The zero-order chi connectivity index (χ0) is 13.4. The van der Waals surface area contributed by atoms with E-state index in [0.717, 1.165) is 12.8 Å². The predicted molar refractivity (Wildman–Crippen MR) is 69.5 cm³/mol. The Morgan fingerprint density at radius 1 is 1.39 bits per heavy atom. The van der Waals surface area contributed by atoms with Gasteiger partial charge in [-0.3, -0.25) is 4.79 Å². The van der Waals surface area contributed by atoms with Crippen LogP contribution in [0.2, 0.25) is 0 Å². The molecular formula is C14H16N2O2. The average molecular weight is 244 g/mol. The van der Waals surface area contributed by atoms with E-state index in [-0.39, 0.29) is 11.3 Å². The highest BCUT2D eigenvalue weighted by atomic mass is 16.3. The summed E-state index contributed by atoms with van der Waals surface area (Å²) >= 11 is 0. The average Bonchev–Trinajstić information content (AvgIpc) is 2.41. The van der Waals surface area contributed by atoms with E-state index in [2.05, 4.69) is 5.32 Å². The van der Waals surface area contributed by atoms with Gasteiger partial charge >= 0.3 is 0 Å². The van der Waals surface area contributed by atoms with Crippen molar-refractivity contribution in [3.63, 3.8) is 0 Å². The van der Waals surface area contributed by atoms with Gasteiger partial charge < -0.3 is 10.4 Å². The summed E-state index contributed by atoms with van der Waals surface area (Å²) in [5.41, 5.74) is 0.206. The number of nitriles is 1. The van der Waals surface area contributed by atoms with Crippen LogP contribution in [0.4, 0.5) is 0 Å². The third-order valence-electron chi connectivity index (χ3n) is 2.44. The number of rotatable bonds is 5. The molecule has 0 saturated heterocycles. The highest BCUT2D eigenvalue weighted by molar-refractivity contribution is 6.03. The molecule has 1 aromatic carbocycles. The second-order valence-corrected chi connectivity index (χ2v) is 3.81. The van der Waals surface area contributed by atoms with Crippen molar-refractivity contribution in [3.05, 3.63) is 41.5 Å². The van der Waals surface area contributed by atoms with Crippen molar-refractivity contribution >= 4 is 11.7 Å². The van der Waals surface area contributed by atoms with Crippen molar-refractivity contribution in [2.24, 2.45) is 0 Å². The number of nitrogens with one attached hydrogen (secondary N) is 1. The summed E-state index contributed by atoms with van der Waals surface area (Å²) in [4.78, 5) is 11.7. The number of aliphatic hydroxyl groups excluding tert-OH is 1. The van der Waals surface area contributed by atoms with Crippen molar-refractivity contribution in [2.45, 2.75) is 19.8 Å². The van der Waals surface area contributed by atoms with E-state index < -0.39 is 5.91 Å². The van der Waals surface area contributed by atoms with E-state index in [1.165, 1.54) is 0 Å². The SMILES string of the molecule is CCCCNC(=O)C(C#N)=C(O)c1ccccc1. The molecule has 0 fully saturated rings. The summed E-state index contributed by atoms with van der Waals surface area (Å²) in [6.45, 7) is 2.51. The second-order valence-electron chi connectivity index (χ2n) is 3.81. The van der Waals surface area contributed by atoms with Crippen LogP contribution in [0.15, 0.2) is 35.9 Å². The Hall–Kier alpha value is -2.28. The molecule has 0 aliphatic rings. The van der Waals surface area contributed by atoms with Crippen LogP contribution in [0.25, 0.3) is 5.76 Å². The van der Waals surface area contributed by atoms with Crippen LogP contribution in [-0.4, -0.2) is 17.6 Å². The van der Waals surface area contributed by atoms with E-state index in [0.29, 0.717) is 12.1 Å². The number of nitrogens with zero attached hydrogens (tertiary/aromatic N) is 1. The van der Waals surface area contributed by atoms with Crippen LogP contribution >= 0.6 is 0 Å². The number of aliphatic hydroxyl groups is 1. The highest BCUT2D eigenvalue weighted by Crippen LogP contribution is 2.15. The Morgan fingerprint density at radius 3 is 2.61 bits per heavy atom. The molecule has 0 spiro atoms. The normalized spacial score (nSPS) is 11.3. The fourth-order valence-electron chi connectivity index (χ4n) is 1.42. The zero-order valence-corrected chi connectivity index (χ0v) is 10.3. The monoisotopic (exact) mass is 244 g/mol. The van der Waals surface area contributed by atoms with E-state index in [4.69, 9.17) is 5.26 Å². The molecule has 0 bridgehead atoms. The maximum Gasteiger partial charge on any atom is 0.265 e. The third kappa shape index (κ3) is 3.63. The van der Waals surface area contributed by atoms with Crippen molar-refractivity contribution in [2.75, 3.05) is 6.54 Å². The van der Waals surface area contributed by atoms with Gasteiger partial charge in [0.1, 0.15) is 11.8 Å². The largest absolute Gasteiger partial charge is 0.506 e. The standard InChI is InChI=1S/C14H16N2O2/c1-2-3-9-16-14(18)12(10-15)13(17)11-7-5-4-6-8-11/h4-8,17H,2-3,9H2,1H3,(H,16,18). The maximum atomic E-state index is 11.7. The molecule has 1 aromatic rings. The summed E-state index contributed by atoms with van der Waals surface area (Å²) in [5.74, 6) is -0.820. The first kappa shape index (κ1) is 13.8. The summed E-state index contributed by atoms with van der Waals surface area (Å²) in [5, 5.41) is 21.5. The molecule has 4 heteroatoms. The number of carbonyl (C=O) groups excluding carboxylic acids is 1. The smallest absolute Gasteiger partial charge is 0.265 e. The first-order chi connectivity index (χ1) is 8.70. The molecule has 0 unspecified atom stereocenters. The summed E-state index contributed by atoms with van der Waals surface area (Å²) in [7, 11) is 0. The minimum absolute atomic E-state index is 0.252. The number of amides is 1. The Bertz CT molecular complexity index is 472. The van der Waals surface area contributed by atoms with E-state index >= 15 is 0 Å². The number of carbonyl (C=O) groups is 1. The molecular weight excluding hydrogens is 228 g/mol. The number of hydrogen-bond donors (Lipinski definition) is 2. The van der Waals surface area contributed by atoms with Crippen LogP contribution in [0.5, 0.6) is 0 Å². The molecule has 0 aromatic heterocycles. The molecule has 18 heavy (non-hydrogen) atoms. The van der Waals surface area contributed by atoms with Gasteiger partial charge in [0.05, 0.1) is 0 Å². The molecule has 4 nitrogen and oxygen atoms in total. The fourth-order valence-corrected chi connectivity index (χ4v) is 1.42. The van der Waals surface area contributed by atoms with Crippen LogP contribution in [0.3, 0.4) is 0 Å². The molecule has 1 rings (SSSR count). The molecule has 1 amide bonds. The van der Waals surface area contributed by atoms with Crippen molar-refractivity contribution in [1.82, 2.24) is 5.32 Å². The molecule has 0 atom stereocenters. The lowest BCUT2D eigenvalue weighted by Crippen LogP contribution is -2.26. The van der Waals surface area contributed by atoms with Crippen LogP contribution < -0.4 is 5.32 Å². The minimum atomic E-state index is -0.535. The predicted octanol–water partition coefficient (Wildman–Crippen LogP) is 2.40. The number of benzene rings is 1. The van der Waals surface area contributed by atoms with Crippen LogP contribution in [-0.2, 0) is 4.79 Å². The first-order valence-corrected chi connectivity index (χ1v) is 5.87. The molecule has 0 radical (unpaired) electrons. The van der Waals surface area contributed by atoms with Crippen molar-refractivity contribution < 1.29 is 9.90 Å². The lowest BCUT2D eigenvalue weighted by Gasteiger charge is -2.05. The molecule has 0 aliphatic heterocycles. The van der Waals surface area contributed by atoms with Gasteiger partial charge in [-0.15, -0.1) is 0 Å².